The van der Waals surface area contributed by atoms with Crippen molar-refractivity contribution in [1.29, 1.82) is 0 Å². The van der Waals surface area contributed by atoms with Crippen LogP contribution < -0.4 is 10.2 Å². The summed E-state index contributed by atoms with van der Waals surface area (Å²) in [5, 5.41) is 11.9. The van der Waals surface area contributed by atoms with Crippen LogP contribution in [0.3, 0.4) is 0 Å². The van der Waals surface area contributed by atoms with Gasteiger partial charge in [-0.25, -0.2) is 4.98 Å². The molecule has 0 saturated carbocycles. The quantitative estimate of drug-likeness (QED) is 0.281. The summed E-state index contributed by atoms with van der Waals surface area (Å²) >= 11 is 0. The van der Waals surface area contributed by atoms with Gasteiger partial charge in [0, 0.05) is 47.9 Å². The third-order valence-corrected chi connectivity index (χ3v) is 6.80. The number of carbonyl (C=O) groups is 1. The van der Waals surface area contributed by atoms with Crippen molar-refractivity contribution in [2.45, 2.75) is 39.0 Å². The van der Waals surface area contributed by atoms with E-state index in [1.54, 1.807) is 12.4 Å². The first-order valence-corrected chi connectivity index (χ1v) is 12.7. The van der Waals surface area contributed by atoms with Crippen molar-refractivity contribution in [2.75, 3.05) is 23.3 Å². The number of pyridine rings is 2. The lowest BCUT2D eigenvalue weighted by Gasteiger charge is -2.29. The smallest absolute Gasteiger partial charge is 0.224 e. The second-order valence-corrected chi connectivity index (χ2v) is 9.39. The number of hydrogen-bond donors (Lipinski definition) is 3. The van der Waals surface area contributed by atoms with E-state index >= 15 is 0 Å². The van der Waals surface area contributed by atoms with Gasteiger partial charge in [-0.1, -0.05) is 13.0 Å². The monoisotopic (exact) mass is 479 g/mol. The third kappa shape index (κ3) is 4.19. The Labute approximate surface area is 209 Å². The van der Waals surface area contributed by atoms with Gasteiger partial charge in [0.15, 0.2) is 0 Å². The van der Waals surface area contributed by atoms with Crippen LogP contribution in [0, 0.1) is 0 Å². The summed E-state index contributed by atoms with van der Waals surface area (Å²) in [7, 11) is 0. The standard InChI is InChI=1S/C28H29N7O/c1-2-7-26(36)30-19-14-18(16-29-17-19)21-10-11-23-27(32-21)28(34-33-23)24-15-20-22(31-24)8-6-9-25(20)35-12-4-3-5-13-35/h6,8-11,14-17,31H,2-5,7,12-13H2,1H3,(H,30,36)(H,33,34). The van der Waals surface area contributed by atoms with Crippen molar-refractivity contribution in [2.24, 2.45) is 0 Å². The molecule has 0 unspecified atom stereocenters. The molecule has 0 radical (unpaired) electrons. The van der Waals surface area contributed by atoms with Crippen molar-refractivity contribution in [3.8, 4) is 22.6 Å². The summed E-state index contributed by atoms with van der Waals surface area (Å²) < 4.78 is 0. The van der Waals surface area contributed by atoms with E-state index in [-0.39, 0.29) is 5.91 Å². The van der Waals surface area contributed by atoms with Crippen LogP contribution in [0.15, 0.2) is 54.9 Å². The number of rotatable bonds is 6. The highest BCUT2D eigenvalue weighted by molar-refractivity contribution is 5.99. The minimum atomic E-state index is -0.0142. The molecule has 6 rings (SSSR count). The van der Waals surface area contributed by atoms with E-state index in [9.17, 15) is 4.79 Å². The fourth-order valence-electron chi connectivity index (χ4n) is 5.02. The highest BCUT2D eigenvalue weighted by Gasteiger charge is 2.18. The number of aromatic nitrogens is 5. The lowest BCUT2D eigenvalue weighted by atomic mass is 10.1. The highest BCUT2D eigenvalue weighted by atomic mass is 16.1. The molecular weight excluding hydrogens is 450 g/mol. The zero-order chi connectivity index (χ0) is 24.5. The van der Waals surface area contributed by atoms with Gasteiger partial charge in [-0.15, -0.1) is 0 Å². The number of aromatic amines is 2. The Hall–Kier alpha value is -4.20. The van der Waals surface area contributed by atoms with E-state index in [1.807, 2.05) is 25.1 Å². The van der Waals surface area contributed by atoms with E-state index < -0.39 is 0 Å². The lowest BCUT2D eigenvalue weighted by Crippen LogP contribution is -2.29. The predicted molar refractivity (Wildman–Crippen MR) is 144 cm³/mol. The van der Waals surface area contributed by atoms with E-state index in [1.165, 1.54) is 30.3 Å². The van der Waals surface area contributed by atoms with Gasteiger partial charge in [-0.2, -0.15) is 5.10 Å². The lowest BCUT2D eigenvalue weighted by molar-refractivity contribution is -0.116. The van der Waals surface area contributed by atoms with E-state index in [4.69, 9.17) is 4.98 Å². The maximum atomic E-state index is 12.0. The van der Waals surface area contributed by atoms with Gasteiger partial charge < -0.3 is 15.2 Å². The maximum absolute atomic E-state index is 12.0. The molecular formula is C28H29N7O. The SMILES string of the molecule is CCCC(=O)Nc1cncc(-c2ccc3[nH]nc(-c4cc5c(N6CCCCC6)cccc5[nH]4)c3n2)c1. The summed E-state index contributed by atoms with van der Waals surface area (Å²) in [6.07, 6.45) is 8.48. The van der Waals surface area contributed by atoms with Gasteiger partial charge in [-0.3, -0.25) is 14.9 Å². The van der Waals surface area contributed by atoms with Crippen LogP contribution in [0.2, 0.25) is 0 Å². The normalized spacial score (nSPS) is 14.0. The third-order valence-electron chi connectivity index (χ3n) is 6.80. The number of hydrogen-bond acceptors (Lipinski definition) is 5. The molecule has 182 valence electrons. The molecule has 1 aromatic carbocycles. The van der Waals surface area contributed by atoms with Crippen LogP contribution in [0.1, 0.15) is 39.0 Å². The first-order chi connectivity index (χ1) is 17.7. The number of nitrogens with zero attached hydrogens (tertiary/aromatic N) is 4. The van der Waals surface area contributed by atoms with Crippen LogP contribution in [0.4, 0.5) is 11.4 Å². The van der Waals surface area contributed by atoms with Crippen LogP contribution >= 0.6 is 0 Å². The highest BCUT2D eigenvalue weighted by Crippen LogP contribution is 2.34. The molecule has 1 amide bonds. The number of piperidine rings is 1. The van der Waals surface area contributed by atoms with Gasteiger partial charge >= 0.3 is 0 Å². The zero-order valence-electron chi connectivity index (χ0n) is 20.3. The van der Waals surface area contributed by atoms with E-state index in [0.717, 1.165) is 58.7 Å². The average Bonchev–Trinajstić information content (AvgIpc) is 3.53. The van der Waals surface area contributed by atoms with Crippen LogP contribution in [0.5, 0.6) is 0 Å². The molecule has 8 heteroatoms. The second kappa shape index (κ2) is 9.45. The first-order valence-electron chi connectivity index (χ1n) is 12.7. The van der Waals surface area contributed by atoms with Crippen molar-refractivity contribution in [3.63, 3.8) is 0 Å². The van der Waals surface area contributed by atoms with Crippen LogP contribution in [-0.2, 0) is 4.79 Å². The molecule has 1 aliphatic heterocycles. The molecule has 1 saturated heterocycles. The molecule has 0 atom stereocenters. The topological polar surface area (TPSA) is 103 Å². The molecule has 5 heterocycles. The molecule has 4 aromatic heterocycles. The Morgan fingerprint density at radius 3 is 2.81 bits per heavy atom. The Balaban J connectivity index is 1.37. The summed E-state index contributed by atoms with van der Waals surface area (Å²) in [6.45, 7) is 4.18. The Morgan fingerprint density at radius 2 is 1.94 bits per heavy atom. The summed E-state index contributed by atoms with van der Waals surface area (Å²) in [5.74, 6) is -0.0142. The minimum Gasteiger partial charge on any atom is -0.371 e. The number of nitrogens with one attached hydrogen (secondary N) is 3. The summed E-state index contributed by atoms with van der Waals surface area (Å²) in [5.41, 5.74) is 8.02. The average molecular weight is 480 g/mol. The Kier molecular flexibility index (Phi) is 5.85. The maximum Gasteiger partial charge on any atom is 0.224 e. The van der Waals surface area contributed by atoms with Gasteiger partial charge in [0.05, 0.1) is 28.8 Å². The van der Waals surface area contributed by atoms with Crippen LogP contribution in [0.25, 0.3) is 44.6 Å². The molecule has 5 aromatic rings. The first kappa shape index (κ1) is 22.3. The number of fused-ring (bicyclic) bond motifs is 2. The largest absolute Gasteiger partial charge is 0.371 e. The summed E-state index contributed by atoms with van der Waals surface area (Å²) in [4.78, 5) is 27.3. The molecule has 1 fully saturated rings. The van der Waals surface area contributed by atoms with Gasteiger partial charge in [-0.05, 0) is 62.1 Å². The minimum absolute atomic E-state index is 0.0142. The number of carbonyl (C=O) groups excluding carboxylic acids is 1. The number of anilines is 2. The molecule has 0 aliphatic carbocycles. The van der Waals surface area contributed by atoms with E-state index in [2.05, 4.69) is 54.6 Å². The van der Waals surface area contributed by atoms with Gasteiger partial charge in [0.2, 0.25) is 5.91 Å². The van der Waals surface area contributed by atoms with Crippen molar-refractivity contribution in [1.82, 2.24) is 25.1 Å². The fraction of sp³-hybridized carbons (Fsp3) is 0.286. The van der Waals surface area contributed by atoms with E-state index in [0.29, 0.717) is 12.1 Å². The number of amides is 1. The molecule has 0 bridgehead atoms. The summed E-state index contributed by atoms with van der Waals surface area (Å²) in [6, 6.07) is 14.5. The fourth-order valence-corrected chi connectivity index (χ4v) is 5.02. The Morgan fingerprint density at radius 1 is 1.06 bits per heavy atom. The van der Waals surface area contributed by atoms with Crippen molar-refractivity contribution in [3.05, 3.63) is 54.9 Å². The number of H-pyrrole nitrogens is 2. The molecule has 0 spiro atoms. The predicted octanol–water partition coefficient (Wildman–Crippen LogP) is 5.90. The Bertz CT molecular complexity index is 1540. The van der Waals surface area contributed by atoms with Gasteiger partial charge in [0.25, 0.3) is 0 Å². The van der Waals surface area contributed by atoms with Gasteiger partial charge in [0.1, 0.15) is 11.2 Å². The zero-order valence-corrected chi connectivity index (χ0v) is 20.3. The molecule has 3 N–H and O–H groups in total. The molecule has 8 nitrogen and oxygen atoms in total. The second-order valence-electron chi connectivity index (χ2n) is 9.39. The van der Waals surface area contributed by atoms with Crippen molar-refractivity contribution < 1.29 is 4.79 Å². The molecule has 1 aliphatic rings. The molecule has 36 heavy (non-hydrogen) atoms. The number of benzene rings is 1. The van der Waals surface area contributed by atoms with Crippen LogP contribution in [-0.4, -0.2) is 44.1 Å². The van der Waals surface area contributed by atoms with Crippen molar-refractivity contribution >= 4 is 39.2 Å².